The maximum absolute atomic E-state index is 12.4. The molecule has 0 bridgehead atoms. The molecule has 1 aliphatic carbocycles. The first-order chi connectivity index (χ1) is 14.3. The van der Waals surface area contributed by atoms with Crippen molar-refractivity contribution in [3.8, 4) is 5.88 Å². The van der Waals surface area contributed by atoms with Gasteiger partial charge in [-0.2, -0.15) is 13.2 Å². The van der Waals surface area contributed by atoms with E-state index in [-0.39, 0.29) is 30.4 Å². The predicted molar refractivity (Wildman–Crippen MR) is 104 cm³/mol. The molecule has 3 aliphatic rings. The van der Waals surface area contributed by atoms with E-state index in [4.69, 9.17) is 9.99 Å². The second-order valence-corrected chi connectivity index (χ2v) is 7.98. The molecule has 1 saturated heterocycles. The SMILES string of the molecule is Cc1cc(C(C)N2CC3C(COO)=NC=CC3C2=C2CC2)cnc1OCC(F)(F)F. The zero-order chi connectivity index (χ0) is 21.5. The van der Waals surface area contributed by atoms with Crippen molar-refractivity contribution in [1.29, 1.82) is 0 Å². The zero-order valence-electron chi connectivity index (χ0n) is 16.8. The standard InChI is InChI=1S/C21H24F3N3O3/c1-12-7-15(8-26-20(12)29-11-21(22,23)24)13(2)27-9-17-16(19(27)14-3-4-14)5-6-25-18(17)10-30-28/h5-8,13,16-17,28H,3-4,9-11H2,1-2H3. The van der Waals surface area contributed by atoms with Crippen molar-refractivity contribution in [2.75, 3.05) is 19.8 Å². The van der Waals surface area contributed by atoms with Crippen molar-refractivity contribution in [2.24, 2.45) is 16.8 Å². The minimum atomic E-state index is -4.40. The summed E-state index contributed by atoms with van der Waals surface area (Å²) < 4.78 is 42.1. The van der Waals surface area contributed by atoms with Crippen LogP contribution >= 0.6 is 0 Å². The van der Waals surface area contributed by atoms with E-state index in [0.717, 1.165) is 30.7 Å². The fraction of sp³-hybridized carbons (Fsp3) is 0.524. The summed E-state index contributed by atoms with van der Waals surface area (Å²) in [6.45, 7) is 3.20. The Balaban J connectivity index is 1.56. The topological polar surface area (TPSA) is 67.2 Å². The van der Waals surface area contributed by atoms with Gasteiger partial charge in [0, 0.05) is 42.0 Å². The molecule has 2 aliphatic heterocycles. The number of hydrogen-bond donors (Lipinski definition) is 1. The maximum atomic E-state index is 12.4. The highest BCUT2D eigenvalue weighted by Crippen LogP contribution is 2.48. The van der Waals surface area contributed by atoms with Gasteiger partial charge in [0.25, 0.3) is 0 Å². The van der Waals surface area contributed by atoms with E-state index < -0.39 is 12.8 Å². The Morgan fingerprint density at radius 2 is 2.10 bits per heavy atom. The van der Waals surface area contributed by atoms with E-state index in [9.17, 15) is 13.2 Å². The van der Waals surface area contributed by atoms with Crippen molar-refractivity contribution in [1.82, 2.24) is 9.88 Å². The monoisotopic (exact) mass is 423 g/mol. The van der Waals surface area contributed by atoms with Gasteiger partial charge in [-0.3, -0.25) is 10.2 Å². The minimum Gasteiger partial charge on any atom is -0.468 e. The number of alkyl halides is 3. The summed E-state index contributed by atoms with van der Waals surface area (Å²) in [4.78, 5) is 15.2. The number of halogens is 3. The largest absolute Gasteiger partial charge is 0.468 e. The summed E-state index contributed by atoms with van der Waals surface area (Å²) in [6, 6.07) is 1.81. The van der Waals surface area contributed by atoms with Crippen LogP contribution in [0.3, 0.4) is 0 Å². The minimum absolute atomic E-state index is 0.00316. The Hall–Kier alpha value is -2.39. The van der Waals surface area contributed by atoms with Gasteiger partial charge in [-0.05, 0) is 43.9 Å². The summed E-state index contributed by atoms with van der Waals surface area (Å²) in [5.41, 5.74) is 4.98. The fourth-order valence-corrected chi connectivity index (χ4v) is 4.30. The summed E-state index contributed by atoms with van der Waals surface area (Å²) >= 11 is 0. The van der Waals surface area contributed by atoms with Crippen LogP contribution in [0.25, 0.3) is 0 Å². The van der Waals surface area contributed by atoms with Gasteiger partial charge in [-0.1, -0.05) is 6.08 Å². The van der Waals surface area contributed by atoms with Gasteiger partial charge in [0.2, 0.25) is 5.88 Å². The van der Waals surface area contributed by atoms with E-state index in [0.29, 0.717) is 5.56 Å². The number of aryl methyl sites for hydroxylation is 1. The third kappa shape index (κ3) is 4.22. The van der Waals surface area contributed by atoms with Gasteiger partial charge in [-0.15, -0.1) is 0 Å². The first-order valence-corrected chi connectivity index (χ1v) is 9.92. The van der Waals surface area contributed by atoms with Crippen LogP contribution in [0, 0.1) is 18.8 Å². The lowest BCUT2D eigenvalue weighted by Gasteiger charge is -2.29. The zero-order valence-corrected chi connectivity index (χ0v) is 16.8. The first kappa shape index (κ1) is 20.9. The van der Waals surface area contributed by atoms with Crippen molar-refractivity contribution in [3.63, 3.8) is 0 Å². The maximum Gasteiger partial charge on any atom is 0.422 e. The van der Waals surface area contributed by atoms with Crippen molar-refractivity contribution >= 4 is 5.71 Å². The van der Waals surface area contributed by atoms with Crippen LogP contribution in [-0.2, 0) is 4.89 Å². The second-order valence-electron chi connectivity index (χ2n) is 7.98. The van der Waals surface area contributed by atoms with E-state index in [1.54, 1.807) is 19.3 Å². The molecule has 1 aromatic heterocycles. The molecule has 2 fully saturated rings. The Morgan fingerprint density at radius 1 is 1.33 bits per heavy atom. The smallest absolute Gasteiger partial charge is 0.422 e. The van der Waals surface area contributed by atoms with Gasteiger partial charge in [0.15, 0.2) is 6.61 Å². The summed E-state index contributed by atoms with van der Waals surface area (Å²) in [6.07, 6.45) is 3.19. The molecule has 4 rings (SSSR count). The Kier molecular flexibility index (Phi) is 5.59. The van der Waals surface area contributed by atoms with Crippen molar-refractivity contribution in [3.05, 3.63) is 46.9 Å². The lowest BCUT2D eigenvalue weighted by Crippen LogP contribution is -2.29. The highest BCUT2D eigenvalue weighted by atomic mass is 19.4. The number of ether oxygens (including phenoxy) is 1. The molecule has 1 N–H and O–H groups in total. The molecule has 0 aromatic carbocycles. The number of likely N-dealkylation sites (tertiary alicyclic amines) is 1. The van der Waals surface area contributed by atoms with Gasteiger partial charge in [0.1, 0.15) is 6.61 Å². The normalized spacial score (nSPS) is 24.1. The molecular formula is C21H24F3N3O3. The summed E-state index contributed by atoms with van der Waals surface area (Å²) in [5, 5.41) is 8.91. The molecule has 3 atom stereocenters. The quantitative estimate of drug-likeness (QED) is 0.541. The van der Waals surface area contributed by atoms with Crippen LogP contribution in [0.4, 0.5) is 13.2 Å². The molecule has 1 aromatic rings. The van der Waals surface area contributed by atoms with Crippen molar-refractivity contribution < 1.29 is 28.1 Å². The van der Waals surface area contributed by atoms with Gasteiger partial charge >= 0.3 is 6.18 Å². The average molecular weight is 423 g/mol. The molecular weight excluding hydrogens is 399 g/mol. The van der Waals surface area contributed by atoms with Crippen molar-refractivity contribution in [2.45, 2.75) is 38.9 Å². The van der Waals surface area contributed by atoms with Crippen LogP contribution in [0.2, 0.25) is 0 Å². The third-order valence-electron chi connectivity index (χ3n) is 5.86. The van der Waals surface area contributed by atoms with E-state index in [1.807, 2.05) is 6.07 Å². The fourth-order valence-electron chi connectivity index (χ4n) is 4.30. The highest BCUT2D eigenvalue weighted by molar-refractivity contribution is 5.90. The molecule has 0 radical (unpaired) electrons. The third-order valence-corrected chi connectivity index (χ3v) is 5.86. The summed E-state index contributed by atoms with van der Waals surface area (Å²) in [5.74, 6) is 0.309. The van der Waals surface area contributed by atoms with E-state index in [1.165, 1.54) is 11.3 Å². The van der Waals surface area contributed by atoms with Gasteiger partial charge in [-0.25, -0.2) is 9.87 Å². The average Bonchev–Trinajstić information content (AvgIpc) is 3.45. The molecule has 6 nitrogen and oxygen atoms in total. The Morgan fingerprint density at radius 3 is 2.73 bits per heavy atom. The highest BCUT2D eigenvalue weighted by Gasteiger charge is 2.44. The number of pyridine rings is 1. The van der Waals surface area contributed by atoms with Crippen LogP contribution in [0.15, 0.2) is 40.8 Å². The van der Waals surface area contributed by atoms with Crippen LogP contribution in [0.5, 0.6) is 5.88 Å². The number of fused-ring (bicyclic) bond motifs is 1. The molecule has 162 valence electrons. The molecule has 3 unspecified atom stereocenters. The van der Waals surface area contributed by atoms with E-state index in [2.05, 4.69) is 32.8 Å². The number of rotatable bonds is 6. The Labute approximate surface area is 172 Å². The number of aliphatic imine (C=N–C) groups is 1. The lowest BCUT2D eigenvalue weighted by atomic mass is 9.87. The molecule has 0 spiro atoms. The molecule has 3 heterocycles. The second kappa shape index (κ2) is 8.03. The molecule has 1 saturated carbocycles. The number of aromatic nitrogens is 1. The first-order valence-electron chi connectivity index (χ1n) is 9.92. The van der Waals surface area contributed by atoms with E-state index >= 15 is 0 Å². The molecule has 30 heavy (non-hydrogen) atoms. The number of hydrogen-bond acceptors (Lipinski definition) is 6. The van der Waals surface area contributed by atoms with Gasteiger partial charge in [0.05, 0.1) is 11.8 Å². The van der Waals surface area contributed by atoms with Crippen LogP contribution in [0.1, 0.15) is 36.9 Å². The molecule has 9 heteroatoms. The Bertz CT molecular complexity index is 904. The summed E-state index contributed by atoms with van der Waals surface area (Å²) in [7, 11) is 0. The van der Waals surface area contributed by atoms with Crippen LogP contribution in [-0.4, -0.2) is 46.8 Å². The number of nitrogens with zero attached hydrogens (tertiary/aromatic N) is 3. The lowest BCUT2D eigenvalue weighted by molar-refractivity contribution is -0.228. The van der Waals surface area contributed by atoms with Crippen LogP contribution < -0.4 is 4.74 Å². The predicted octanol–water partition coefficient (Wildman–Crippen LogP) is 4.45. The molecule has 0 amide bonds. The number of allylic oxidation sites excluding steroid dienone is 2. The van der Waals surface area contributed by atoms with Gasteiger partial charge < -0.3 is 9.64 Å².